The Kier molecular flexibility index (Phi) is 3.62. The number of aryl methyl sites for hydroxylation is 1. The van der Waals surface area contributed by atoms with E-state index >= 15 is 0 Å². The molecule has 0 amide bonds. The van der Waals surface area contributed by atoms with Gasteiger partial charge in [0.2, 0.25) is 0 Å². The molecule has 0 saturated heterocycles. The lowest BCUT2D eigenvalue weighted by Crippen LogP contribution is -2.00. The summed E-state index contributed by atoms with van der Waals surface area (Å²) in [5.74, 6) is 1.43. The number of rotatable bonds is 3. The van der Waals surface area contributed by atoms with Crippen LogP contribution in [0.3, 0.4) is 0 Å². The van der Waals surface area contributed by atoms with Crippen LogP contribution in [-0.2, 0) is 0 Å². The van der Waals surface area contributed by atoms with Gasteiger partial charge in [-0.3, -0.25) is 0 Å². The van der Waals surface area contributed by atoms with Gasteiger partial charge in [0.1, 0.15) is 23.1 Å². The average molecular weight is 255 g/mol. The predicted octanol–water partition coefficient (Wildman–Crippen LogP) is 2.77. The van der Waals surface area contributed by atoms with Gasteiger partial charge in [-0.25, -0.2) is 0 Å². The fourth-order valence-electron chi connectivity index (χ4n) is 1.57. The summed E-state index contributed by atoms with van der Waals surface area (Å²) < 4.78 is 10.7. The van der Waals surface area contributed by atoms with Gasteiger partial charge in [0, 0.05) is 6.07 Å². The van der Waals surface area contributed by atoms with Crippen LogP contribution in [0.1, 0.15) is 16.8 Å². The normalized spacial score (nSPS) is 9.79. The molecule has 96 valence electrons. The molecular weight excluding hydrogens is 242 g/mol. The maximum atomic E-state index is 9.18. The van der Waals surface area contributed by atoms with Crippen LogP contribution in [0.5, 0.6) is 17.4 Å². The Morgan fingerprint density at radius 3 is 2.58 bits per heavy atom. The largest absolute Gasteiger partial charge is 0.497 e. The molecule has 0 bridgehead atoms. The number of nitrogens with zero attached hydrogens (tertiary/aromatic N) is 3. The van der Waals surface area contributed by atoms with Gasteiger partial charge in [0.15, 0.2) is 0 Å². The van der Waals surface area contributed by atoms with Crippen LogP contribution in [0.15, 0.2) is 24.3 Å². The number of nitriles is 1. The van der Waals surface area contributed by atoms with Crippen molar-refractivity contribution in [1.29, 1.82) is 5.26 Å². The summed E-state index contributed by atoms with van der Waals surface area (Å²) in [6.07, 6.45) is 0. The van der Waals surface area contributed by atoms with E-state index < -0.39 is 0 Å². The third-order valence-corrected chi connectivity index (χ3v) is 2.79. The number of aromatic nitrogens is 2. The number of hydrogen-bond donors (Lipinski definition) is 0. The van der Waals surface area contributed by atoms with E-state index in [4.69, 9.17) is 9.47 Å². The van der Waals surface area contributed by atoms with Crippen LogP contribution < -0.4 is 9.47 Å². The van der Waals surface area contributed by atoms with Gasteiger partial charge >= 0.3 is 0 Å². The first-order chi connectivity index (χ1) is 9.15. The fraction of sp³-hybridized carbons (Fsp3) is 0.214. The molecule has 2 aromatic rings. The minimum atomic E-state index is 0.207. The molecule has 5 heteroatoms. The van der Waals surface area contributed by atoms with Crippen molar-refractivity contribution in [1.82, 2.24) is 10.2 Å². The maximum Gasteiger partial charge on any atom is 0.257 e. The van der Waals surface area contributed by atoms with Crippen LogP contribution in [0.2, 0.25) is 0 Å². The molecule has 0 radical (unpaired) electrons. The van der Waals surface area contributed by atoms with E-state index in [1.54, 1.807) is 32.2 Å². The molecule has 0 fully saturated rings. The van der Waals surface area contributed by atoms with Gasteiger partial charge in [-0.2, -0.15) is 10.4 Å². The lowest BCUT2D eigenvalue weighted by Gasteiger charge is -2.09. The quantitative estimate of drug-likeness (QED) is 0.843. The molecule has 5 nitrogen and oxygen atoms in total. The molecule has 0 aliphatic rings. The third-order valence-electron chi connectivity index (χ3n) is 2.79. The topological polar surface area (TPSA) is 68.0 Å². The highest BCUT2D eigenvalue weighted by molar-refractivity contribution is 5.47. The zero-order chi connectivity index (χ0) is 13.8. The van der Waals surface area contributed by atoms with Gasteiger partial charge < -0.3 is 9.47 Å². The average Bonchev–Trinajstić information content (AvgIpc) is 2.43. The molecule has 2 rings (SSSR count). The Balaban J connectivity index is 2.38. The minimum absolute atomic E-state index is 0.207. The molecule has 0 atom stereocenters. The van der Waals surface area contributed by atoms with Crippen molar-refractivity contribution < 1.29 is 9.47 Å². The van der Waals surface area contributed by atoms with E-state index in [-0.39, 0.29) is 5.88 Å². The van der Waals surface area contributed by atoms with Crippen molar-refractivity contribution in [3.05, 3.63) is 41.1 Å². The molecule has 0 aliphatic carbocycles. The zero-order valence-electron chi connectivity index (χ0n) is 11.0. The van der Waals surface area contributed by atoms with Gasteiger partial charge in [-0.15, -0.1) is 5.10 Å². The molecular formula is C14H13N3O2. The summed E-state index contributed by atoms with van der Waals surface area (Å²) in [6, 6.07) is 9.19. The second-order valence-electron chi connectivity index (χ2n) is 3.98. The third kappa shape index (κ3) is 2.63. The van der Waals surface area contributed by atoms with Crippen molar-refractivity contribution in [3.63, 3.8) is 0 Å². The second-order valence-corrected chi connectivity index (χ2v) is 3.98. The number of ether oxygens (including phenoxy) is 2. The summed E-state index contributed by atoms with van der Waals surface area (Å²) in [5.41, 5.74) is 1.89. The van der Waals surface area contributed by atoms with Crippen LogP contribution in [-0.4, -0.2) is 17.3 Å². The van der Waals surface area contributed by atoms with E-state index in [2.05, 4.69) is 16.3 Å². The van der Waals surface area contributed by atoms with Gasteiger partial charge in [-0.05, 0) is 31.5 Å². The molecule has 0 saturated carbocycles. The molecule has 19 heavy (non-hydrogen) atoms. The lowest BCUT2D eigenvalue weighted by atomic mass is 10.1. The van der Waals surface area contributed by atoms with Crippen LogP contribution in [0.25, 0.3) is 0 Å². The van der Waals surface area contributed by atoms with E-state index in [9.17, 15) is 5.26 Å². The van der Waals surface area contributed by atoms with Crippen LogP contribution in [0, 0.1) is 25.2 Å². The Labute approximate surface area is 111 Å². The van der Waals surface area contributed by atoms with E-state index in [1.807, 2.05) is 13.0 Å². The Morgan fingerprint density at radius 2 is 1.89 bits per heavy atom. The molecule has 0 aliphatic heterocycles. The Bertz CT molecular complexity index is 648. The minimum Gasteiger partial charge on any atom is -0.497 e. The summed E-state index contributed by atoms with van der Waals surface area (Å²) in [6.45, 7) is 3.62. The highest BCUT2D eigenvalue weighted by atomic mass is 16.5. The van der Waals surface area contributed by atoms with Crippen molar-refractivity contribution in [2.75, 3.05) is 7.11 Å². The smallest absolute Gasteiger partial charge is 0.257 e. The van der Waals surface area contributed by atoms with E-state index in [1.165, 1.54) is 0 Å². The van der Waals surface area contributed by atoms with E-state index in [0.717, 1.165) is 11.3 Å². The van der Waals surface area contributed by atoms with Gasteiger partial charge in [0.25, 0.3) is 5.88 Å². The van der Waals surface area contributed by atoms with E-state index in [0.29, 0.717) is 17.1 Å². The lowest BCUT2D eigenvalue weighted by molar-refractivity contribution is 0.406. The highest BCUT2D eigenvalue weighted by Crippen LogP contribution is 2.27. The first kappa shape index (κ1) is 12.8. The molecule has 0 unspecified atom stereocenters. The van der Waals surface area contributed by atoms with Crippen molar-refractivity contribution in [2.45, 2.75) is 13.8 Å². The first-order valence-electron chi connectivity index (χ1n) is 5.71. The monoisotopic (exact) mass is 255 g/mol. The number of hydrogen-bond acceptors (Lipinski definition) is 5. The Morgan fingerprint density at radius 1 is 1.16 bits per heavy atom. The summed E-state index contributed by atoms with van der Waals surface area (Å²) >= 11 is 0. The number of methoxy groups -OCH3 is 1. The van der Waals surface area contributed by atoms with Crippen molar-refractivity contribution in [2.24, 2.45) is 0 Å². The first-order valence-corrected chi connectivity index (χ1v) is 5.71. The van der Waals surface area contributed by atoms with Crippen molar-refractivity contribution >= 4 is 0 Å². The predicted molar refractivity (Wildman–Crippen MR) is 69.3 cm³/mol. The SMILES string of the molecule is COc1cccc(Oc2nnc(C)c(C)c2C#N)c1. The summed E-state index contributed by atoms with van der Waals surface area (Å²) in [4.78, 5) is 0. The molecule has 0 spiro atoms. The molecule has 0 N–H and O–H groups in total. The van der Waals surface area contributed by atoms with Gasteiger partial charge in [-0.1, -0.05) is 6.07 Å². The summed E-state index contributed by atoms with van der Waals surface area (Å²) in [7, 11) is 1.58. The fourth-order valence-corrected chi connectivity index (χ4v) is 1.57. The number of benzene rings is 1. The van der Waals surface area contributed by atoms with Crippen LogP contribution >= 0.6 is 0 Å². The molecule has 1 aromatic heterocycles. The zero-order valence-corrected chi connectivity index (χ0v) is 11.0. The maximum absolute atomic E-state index is 9.18. The summed E-state index contributed by atoms with van der Waals surface area (Å²) in [5, 5.41) is 17.1. The second kappa shape index (κ2) is 5.36. The molecule has 1 aromatic carbocycles. The highest BCUT2D eigenvalue weighted by Gasteiger charge is 2.13. The van der Waals surface area contributed by atoms with Crippen LogP contribution in [0.4, 0.5) is 0 Å². The van der Waals surface area contributed by atoms with Crippen molar-refractivity contribution in [3.8, 4) is 23.4 Å². The Hall–Kier alpha value is -2.61. The molecule has 1 heterocycles. The standard InChI is InChI=1S/C14H13N3O2/c1-9-10(2)16-17-14(13(9)8-15)19-12-6-4-5-11(7-12)18-3/h4-7H,1-3H3. The van der Waals surface area contributed by atoms with Gasteiger partial charge in [0.05, 0.1) is 12.8 Å².